The van der Waals surface area contributed by atoms with E-state index >= 15 is 0 Å². The summed E-state index contributed by atoms with van der Waals surface area (Å²) in [6, 6.07) is 8.94. The van der Waals surface area contributed by atoms with E-state index in [-0.39, 0.29) is 23.3 Å². The number of nitrogens with one attached hydrogen (secondary N) is 2. The third kappa shape index (κ3) is 5.42. The lowest BCUT2D eigenvalue weighted by molar-refractivity contribution is -0.123. The van der Waals surface area contributed by atoms with Gasteiger partial charge in [-0.05, 0) is 62.4 Å². The van der Waals surface area contributed by atoms with E-state index in [1.165, 1.54) is 15.3 Å². The van der Waals surface area contributed by atoms with Crippen molar-refractivity contribution in [3.8, 4) is 0 Å². The number of carbonyl (C=O) groups is 2. The maximum absolute atomic E-state index is 12.5. The van der Waals surface area contributed by atoms with Crippen LogP contribution in [0.5, 0.6) is 0 Å². The van der Waals surface area contributed by atoms with Crippen molar-refractivity contribution in [3.63, 3.8) is 0 Å². The first-order valence-corrected chi connectivity index (χ1v) is 10.1. The van der Waals surface area contributed by atoms with Gasteiger partial charge in [-0.2, -0.15) is 0 Å². The van der Waals surface area contributed by atoms with Crippen LogP contribution in [0.4, 0.5) is 0 Å². The highest BCUT2D eigenvalue weighted by Gasteiger charge is 2.21. The monoisotopic (exact) mass is 386 g/mol. The molecular formula is C22H30N2O2S. The van der Waals surface area contributed by atoms with Gasteiger partial charge in [0, 0.05) is 15.3 Å². The van der Waals surface area contributed by atoms with Gasteiger partial charge < -0.3 is 10.6 Å². The van der Waals surface area contributed by atoms with Crippen molar-refractivity contribution < 1.29 is 9.59 Å². The van der Waals surface area contributed by atoms with E-state index in [0.29, 0.717) is 5.56 Å². The zero-order valence-corrected chi connectivity index (χ0v) is 18.1. The van der Waals surface area contributed by atoms with Crippen molar-refractivity contribution in [2.75, 3.05) is 0 Å². The fourth-order valence-electron chi connectivity index (χ4n) is 2.96. The minimum absolute atomic E-state index is 0.0382. The molecule has 4 nitrogen and oxygen atoms in total. The van der Waals surface area contributed by atoms with Crippen LogP contribution in [0.25, 0.3) is 0 Å². The summed E-state index contributed by atoms with van der Waals surface area (Å²) >= 11 is 1.72. The summed E-state index contributed by atoms with van der Waals surface area (Å²) in [5.74, 6) is -0.432. The molecule has 2 atom stereocenters. The van der Waals surface area contributed by atoms with Gasteiger partial charge in [0.05, 0.1) is 6.04 Å². The van der Waals surface area contributed by atoms with Crippen molar-refractivity contribution in [3.05, 3.63) is 56.8 Å². The van der Waals surface area contributed by atoms with Gasteiger partial charge >= 0.3 is 0 Å². The minimum Gasteiger partial charge on any atom is -0.348 e. The highest BCUT2D eigenvalue weighted by molar-refractivity contribution is 7.12. The normalized spacial score (nSPS) is 13.7. The molecule has 0 aliphatic carbocycles. The third-order valence-electron chi connectivity index (χ3n) is 4.66. The molecule has 2 aromatic rings. The van der Waals surface area contributed by atoms with Crippen LogP contribution >= 0.6 is 11.3 Å². The summed E-state index contributed by atoms with van der Waals surface area (Å²) in [7, 11) is 0. The van der Waals surface area contributed by atoms with Crippen LogP contribution in [0, 0.1) is 13.8 Å². The van der Waals surface area contributed by atoms with Gasteiger partial charge in [0.2, 0.25) is 5.91 Å². The Kier molecular flexibility index (Phi) is 6.47. The maximum Gasteiger partial charge on any atom is 0.251 e. The van der Waals surface area contributed by atoms with Gasteiger partial charge in [-0.3, -0.25) is 9.59 Å². The summed E-state index contributed by atoms with van der Waals surface area (Å²) in [5, 5.41) is 5.77. The van der Waals surface area contributed by atoms with Crippen LogP contribution in [-0.4, -0.2) is 17.9 Å². The standard InChI is InChI=1S/C22H30N2O2S/c1-13-12-19(16(4)27-13)14(2)23-20(25)15(3)24-21(26)17-8-10-18(11-9-17)22(5,6)7/h8-12,14-15H,1-7H3,(H,23,25)(H,24,26). The first kappa shape index (κ1) is 21.2. The molecule has 2 N–H and O–H groups in total. The topological polar surface area (TPSA) is 58.2 Å². The van der Waals surface area contributed by atoms with E-state index in [1.807, 2.05) is 19.1 Å². The average Bonchev–Trinajstić information content (AvgIpc) is 2.92. The van der Waals surface area contributed by atoms with E-state index in [4.69, 9.17) is 0 Å². The van der Waals surface area contributed by atoms with Gasteiger partial charge in [0.15, 0.2) is 0 Å². The van der Waals surface area contributed by atoms with Crippen molar-refractivity contribution in [2.24, 2.45) is 0 Å². The second-order valence-corrected chi connectivity index (χ2v) is 9.58. The van der Waals surface area contributed by atoms with Crippen LogP contribution in [0.15, 0.2) is 30.3 Å². The maximum atomic E-state index is 12.5. The molecule has 0 aliphatic rings. The van der Waals surface area contributed by atoms with Gasteiger partial charge in [-0.1, -0.05) is 32.9 Å². The lowest BCUT2D eigenvalue weighted by Gasteiger charge is -2.20. The Labute approximate surface area is 166 Å². The predicted octanol–water partition coefficient (Wildman–Crippen LogP) is 4.66. The molecule has 0 fully saturated rings. The molecule has 0 bridgehead atoms. The summed E-state index contributed by atoms with van der Waals surface area (Å²) in [5.41, 5.74) is 2.89. The number of thiophene rings is 1. The number of hydrogen-bond donors (Lipinski definition) is 2. The summed E-state index contributed by atoms with van der Waals surface area (Å²) in [4.78, 5) is 27.3. The Hall–Kier alpha value is -2.14. The van der Waals surface area contributed by atoms with Gasteiger partial charge in [-0.25, -0.2) is 0 Å². The zero-order valence-electron chi connectivity index (χ0n) is 17.3. The van der Waals surface area contributed by atoms with Crippen molar-refractivity contribution in [2.45, 2.75) is 66.0 Å². The van der Waals surface area contributed by atoms with Crippen molar-refractivity contribution in [1.82, 2.24) is 10.6 Å². The highest BCUT2D eigenvalue weighted by Crippen LogP contribution is 2.26. The predicted molar refractivity (Wildman–Crippen MR) is 112 cm³/mol. The minimum atomic E-state index is -0.609. The van der Waals surface area contributed by atoms with Crippen LogP contribution in [-0.2, 0) is 10.2 Å². The lowest BCUT2D eigenvalue weighted by atomic mass is 9.86. The molecule has 0 saturated carbocycles. The van der Waals surface area contributed by atoms with Gasteiger partial charge in [0.25, 0.3) is 5.91 Å². The molecule has 27 heavy (non-hydrogen) atoms. The molecule has 2 rings (SSSR count). The zero-order chi connectivity index (χ0) is 20.4. The lowest BCUT2D eigenvalue weighted by Crippen LogP contribution is -2.45. The molecule has 2 amide bonds. The van der Waals surface area contributed by atoms with Crippen LogP contribution in [0.1, 0.15) is 71.9 Å². The number of aryl methyl sites for hydroxylation is 2. The number of amides is 2. The number of rotatable bonds is 5. The summed E-state index contributed by atoms with van der Waals surface area (Å²) < 4.78 is 0. The van der Waals surface area contributed by atoms with E-state index in [1.54, 1.807) is 30.4 Å². The van der Waals surface area contributed by atoms with Gasteiger partial charge in [0.1, 0.15) is 6.04 Å². The SMILES string of the molecule is Cc1cc(C(C)NC(=O)C(C)NC(=O)c2ccc(C(C)(C)C)cc2)c(C)s1. The molecule has 2 unspecified atom stereocenters. The second-order valence-electron chi connectivity index (χ2n) is 8.12. The summed E-state index contributed by atoms with van der Waals surface area (Å²) in [6.45, 7) is 14.2. The molecule has 0 saturated heterocycles. The first-order chi connectivity index (χ1) is 12.5. The fourth-order valence-corrected chi connectivity index (χ4v) is 3.99. The number of hydrogen-bond acceptors (Lipinski definition) is 3. The Morgan fingerprint density at radius 1 is 1.00 bits per heavy atom. The van der Waals surface area contributed by atoms with Crippen molar-refractivity contribution in [1.29, 1.82) is 0 Å². The third-order valence-corrected chi connectivity index (χ3v) is 5.64. The quantitative estimate of drug-likeness (QED) is 0.785. The second kappa shape index (κ2) is 8.26. The van der Waals surface area contributed by atoms with E-state index in [2.05, 4.69) is 51.3 Å². The molecule has 0 radical (unpaired) electrons. The average molecular weight is 387 g/mol. The van der Waals surface area contributed by atoms with Crippen LogP contribution < -0.4 is 10.6 Å². The molecule has 1 aromatic carbocycles. The van der Waals surface area contributed by atoms with Crippen molar-refractivity contribution >= 4 is 23.2 Å². The number of benzene rings is 1. The first-order valence-electron chi connectivity index (χ1n) is 9.27. The van der Waals surface area contributed by atoms with Crippen LogP contribution in [0.3, 0.4) is 0 Å². The largest absolute Gasteiger partial charge is 0.348 e. The molecule has 1 aromatic heterocycles. The van der Waals surface area contributed by atoms with Crippen LogP contribution in [0.2, 0.25) is 0 Å². The fraction of sp³-hybridized carbons (Fsp3) is 0.455. The molecule has 146 valence electrons. The molecular weight excluding hydrogens is 356 g/mol. The smallest absolute Gasteiger partial charge is 0.251 e. The van der Waals surface area contributed by atoms with E-state index < -0.39 is 6.04 Å². The highest BCUT2D eigenvalue weighted by atomic mass is 32.1. The summed E-state index contributed by atoms with van der Waals surface area (Å²) in [6.07, 6.45) is 0. The van der Waals surface area contributed by atoms with E-state index in [0.717, 1.165) is 5.56 Å². The Morgan fingerprint density at radius 3 is 2.07 bits per heavy atom. The Morgan fingerprint density at radius 2 is 1.59 bits per heavy atom. The Bertz CT molecular complexity index is 816. The molecule has 0 aliphatic heterocycles. The molecule has 0 spiro atoms. The van der Waals surface area contributed by atoms with Gasteiger partial charge in [-0.15, -0.1) is 11.3 Å². The number of carbonyl (C=O) groups excluding carboxylic acids is 2. The Balaban J connectivity index is 1.97. The molecule has 5 heteroatoms. The molecule has 1 heterocycles. The van der Waals surface area contributed by atoms with E-state index in [9.17, 15) is 9.59 Å².